The van der Waals surface area contributed by atoms with Crippen LogP contribution in [0.2, 0.25) is 0 Å². The quantitative estimate of drug-likeness (QED) is 0.279. The van der Waals surface area contributed by atoms with E-state index < -0.39 is 0 Å². The molecule has 34 heavy (non-hydrogen) atoms. The third-order valence-corrected chi connectivity index (χ3v) is 7.31. The molecule has 0 radical (unpaired) electrons. The minimum absolute atomic E-state index is 0.0642. The lowest BCUT2D eigenvalue weighted by molar-refractivity contribution is -0.122. The van der Waals surface area contributed by atoms with Crippen molar-refractivity contribution in [1.29, 1.82) is 0 Å². The van der Waals surface area contributed by atoms with Crippen LogP contribution in [0.1, 0.15) is 37.7 Å². The zero-order valence-corrected chi connectivity index (χ0v) is 20.9. The number of ether oxygens (including phenoxy) is 3. The lowest BCUT2D eigenvalue weighted by Crippen LogP contribution is -2.38. The van der Waals surface area contributed by atoms with E-state index in [1.807, 2.05) is 24.3 Å². The maximum atomic E-state index is 12.8. The van der Waals surface area contributed by atoms with Gasteiger partial charge in [0, 0.05) is 32.6 Å². The molecular weight excluding hydrogens is 474 g/mol. The number of fused-ring (bicyclic) bond motifs is 1. The lowest BCUT2D eigenvalue weighted by atomic mass is 10.1. The summed E-state index contributed by atoms with van der Waals surface area (Å²) in [5.41, 5.74) is 0.876. The number of hydrogen-bond donors (Lipinski definition) is 1. The number of morpholine rings is 1. The molecule has 0 bridgehead atoms. The van der Waals surface area contributed by atoms with Crippen LogP contribution in [0.15, 0.2) is 23.1 Å². The molecule has 3 heterocycles. The van der Waals surface area contributed by atoms with Gasteiger partial charge in [-0.3, -0.25) is 19.4 Å². The lowest BCUT2D eigenvalue weighted by Gasteiger charge is -2.26. The molecule has 2 saturated heterocycles. The molecule has 3 aliphatic rings. The largest absolute Gasteiger partial charge is 0.454 e. The molecule has 0 spiro atoms. The fourth-order valence-electron chi connectivity index (χ4n) is 4.02. The Morgan fingerprint density at radius 2 is 1.91 bits per heavy atom. The van der Waals surface area contributed by atoms with Gasteiger partial charge in [0.25, 0.3) is 5.91 Å². The average Bonchev–Trinajstić information content (AvgIpc) is 3.41. The normalized spacial score (nSPS) is 19.3. The molecule has 0 aromatic heterocycles. The Balaban J connectivity index is 1.11. The smallest absolute Gasteiger partial charge is 0.266 e. The first-order chi connectivity index (χ1) is 16.6. The van der Waals surface area contributed by atoms with Gasteiger partial charge in [-0.1, -0.05) is 36.5 Å². The van der Waals surface area contributed by atoms with Gasteiger partial charge >= 0.3 is 0 Å². The van der Waals surface area contributed by atoms with Gasteiger partial charge in [-0.05, 0) is 49.6 Å². The summed E-state index contributed by atoms with van der Waals surface area (Å²) in [6.07, 6.45) is 5.80. The van der Waals surface area contributed by atoms with Crippen molar-refractivity contribution in [2.45, 2.75) is 32.1 Å². The van der Waals surface area contributed by atoms with Gasteiger partial charge in [-0.25, -0.2) is 0 Å². The summed E-state index contributed by atoms with van der Waals surface area (Å²) in [6.45, 7) is 6.06. The number of thioether (sulfide) groups is 1. The molecule has 0 aliphatic carbocycles. The summed E-state index contributed by atoms with van der Waals surface area (Å²) in [5.74, 6) is 1.43. The summed E-state index contributed by atoms with van der Waals surface area (Å²) >= 11 is 6.75. The third kappa shape index (κ3) is 6.94. The second-order valence-electron chi connectivity index (χ2n) is 8.41. The van der Waals surface area contributed by atoms with Crippen LogP contribution in [-0.2, 0) is 14.3 Å². The number of hydrogen-bond acceptors (Lipinski definition) is 8. The molecule has 1 aromatic carbocycles. The average molecular weight is 506 g/mol. The topological polar surface area (TPSA) is 80.3 Å². The highest BCUT2D eigenvalue weighted by Crippen LogP contribution is 2.36. The molecule has 3 aliphatic heterocycles. The van der Waals surface area contributed by atoms with Crippen LogP contribution in [-0.4, -0.2) is 78.7 Å². The Labute approximate surface area is 210 Å². The Morgan fingerprint density at radius 1 is 1.09 bits per heavy atom. The van der Waals surface area contributed by atoms with E-state index in [-0.39, 0.29) is 18.6 Å². The number of nitrogens with one attached hydrogen (secondary N) is 1. The van der Waals surface area contributed by atoms with Gasteiger partial charge < -0.3 is 19.5 Å². The maximum Gasteiger partial charge on any atom is 0.266 e. The minimum Gasteiger partial charge on any atom is -0.454 e. The highest BCUT2D eigenvalue weighted by atomic mass is 32.2. The highest BCUT2D eigenvalue weighted by Gasteiger charge is 2.31. The van der Waals surface area contributed by atoms with Crippen molar-refractivity contribution in [1.82, 2.24) is 15.1 Å². The number of nitrogens with zero attached hydrogens (tertiary/aromatic N) is 2. The van der Waals surface area contributed by atoms with Gasteiger partial charge in [0.2, 0.25) is 12.7 Å². The molecule has 1 aromatic rings. The summed E-state index contributed by atoms with van der Waals surface area (Å²) in [5, 5.41) is 3.00. The van der Waals surface area contributed by atoms with Crippen molar-refractivity contribution in [3.05, 3.63) is 28.7 Å². The predicted molar refractivity (Wildman–Crippen MR) is 136 cm³/mol. The third-order valence-electron chi connectivity index (χ3n) is 5.93. The van der Waals surface area contributed by atoms with E-state index in [4.69, 9.17) is 26.4 Å². The van der Waals surface area contributed by atoms with Crippen LogP contribution in [0.3, 0.4) is 0 Å². The van der Waals surface area contributed by atoms with Crippen LogP contribution in [0.4, 0.5) is 0 Å². The molecule has 2 fully saturated rings. The van der Waals surface area contributed by atoms with Gasteiger partial charge in [0.15, 0.2) is 11.5 Å². The highest BCUT2D eigenvalue weighted by molar-refractivity contribution is 8.26. The molecule has 10 heteroatoms. The minimum atomic E-state index is -0.0642. The van der Waals surface area contributed by atoms with E-state index in [1.54, 1.807) is 4.90 Å². The summed E-state index contributed by atoms with van der Waals surface area (Å²) in [4.78, 5) is 29.5. The molecule has 1 N–H and O–H groups in total. The van der Waals surface area contributed by atoms with Crippen LogP contribution >= 0.6 is 24.0 Å². The predicted octanol–water partition coefficient (Wildman–Crippen LogP) is 3.02. The summed E-state index contributed by atoms with van der Waals surface area (Å²) in [6, 6.07) is 5.60. The van der Waals surface area contributed by atoms with E-state index in [9.17, 15) is 9.59 Å². The van der Waals surface area contributed by atoms with Gasteiger partial charge in [-0.2, -0.15) is 0 Å². The molecule has 8 nitrogen and oxygen atoms in total. The molecule has 0 atom stereocenters. The van der Waals surface area contributed by atoms with Crippen LogP contribution in [0.25, 0.3) is 6.08 Å². The number of rotatable bonds is 11. The first kappa shape index (κ1) is 25.0. The number of unbranched alkanes of at least 4 members (excludes halogenated alkanes) is 2. The van der Waals surface area contributed by atoms with Crippen LogP contribution < -0.4 is 14.8 Å². The zero-order valence-electron chi connectivity index (χ0n) is 19.3. The molecule has 4 rings (SSSR count). The van der Waals surface area contributed by atoms with E-state index in [2.05, 4.69) is 10.2 Å². The molecule has 2 amide bonds. The van der Waals surface area contributed by atoms with Gasteiger partial charge in [0.05, 0.1) is 18.1 Å². The van der Waals surface area contributed by atoms with Crippen molar-refractivity contribution < 1.29 is 23.8 Å². The SMILES string of the molecule is O=C(CCCCCN1C(=O)/C(=C/c2ccc3c(c2)OCO3)SC1=S)NCCCN1CCOCC1. The van der Waals surface area contributed by atoms with E-state index >= 15 is 0 Å². The fraction of sp³-hybridized carbons (Fsp3) is 0.542. The first-order valence-corrected chi connectivity index (χ1v) is 13.0. The van der Waals surface area contributed by atoms with Crippen molar-refractivity contribution in [2.75, 3.05) is 52.7 Å². The van der Waals surface area contributed by atoms with Gasteiger partial charge in [0.1, 0.15) is 4.32 Å². The second-order valence-corrected chi connectivity index (χ2v) is 10.1. The monoisotopic (exact) mass is 505 g/mol. The first-order valence-electron chi connectivity index (χ1n) is 11.8. The van der Waals surface area contributed by atoms with E-state index in [1.165, 1.54) is 11.8 Å². The Morgan fingerprint density at radius 3 is 2.76 bits per heavy atom. The standard InChI is InChI=1S/C24H31N3O5S2/c28-22(25-8-4-9-26-11-13-30-14-12-26)5-2-1-3-10-27-23(29)21(34-24(27)33)16-18-6-7-19-20(15-18)32-17-31-19/h6-7,15-16H,1-5,8-14,17H2,(H,25,28)/b21-16-. The number of thiocarbonyl (C=S) groups is 1. The Bertz CT molecular complexity index is 933. The number of carbonyl (C=O) groups is 2. The van der Waals surface area contributed by atoms with Crippen molar-refractivity contribution >= 4 is 46.2 Å². The summed E-state index contributed by atoms with van der Waals surface area (Å²) in [7, 11) is 0. The second kappa shape index (κ2) is 12.5. The van der Waals surface area contributed by atoms with Crippen molar-refractivity contribution in [3.63, 3.8) is 0 Å². The number of carbonyl (C=O) groups excluding carboxylic acids is 2. The van der Waals surface area contributed by atoms with E-state index in [0.717, 1.165) is 64.1 Å². The Kier molecular flexibility index (Phi) is 9.20. The summed E-state index contributed by atoms with van der Waals surface area (Å²) < 4.78 is 16.7. The Hall–Kier alpha value is -2.14. The van der Waals surface area contributed by atoms with Crippen LogP contribution in [0.5, 0.6) is 11.5 Å². The van der Waals surface area contributed by atoms with E-state index in [0.29, 0.717) is 40.2 Å². The number of amides is 2. The van der Waals surface area contributed by atoms with Crippen molar-refractivity contribution in [2.24, 2.45) is 0 Å². The molecule has 0 unspecified atom stereocenters. The molecular formula is C24H31N3O5S2. The number of benzene rings is 1. The van der Waals surface area contributed by atoms with Crippen LogP contribution in [0, 0.1) is 0 Å². The maximum absolute atomic E-state index is 12.8. The van der Waals surface area contributed by atoms with Gasteiger partial charge in [-0.15, -0.1) is 0 Å². The molecule has 0 saturated carbocycles. The zero-order chi connectivity index (χ0) is 23.8. The molecule has 184 valence electrons. The van der Waals surface area contributed by atoms with Crippen molar-refractivity contribution in [3.8, 4) is 11.5 Å². The fourth-order valence-corrected chi connectivity index (χ4v) is 5.33.